The van der Waals surface area contributed by atoms with Gasteiger partial charge < -0.3 is 14.4 Å². The van der Waals surface area contributed by atoms with E-state index in [9.17, 15) is 9.59 Å². The van der Waals surface area contributed by atoms with E-state index in [1.54, 1.807) is 19.2 Å². The van der Waals surface area contributed by atoms with Crippen molar-refractivity contribution in [1.29, 1.82) is 0 Å². The molecule has 0 aromatic heterocycles. The normalized spacial score (nSPS) is 14.0. The van der Waals surface area contributed by atoms with Gasteiger partial charge in [-0.15, -0.1) is 0 Å². The molecule has 0 aliphatic carbocycles. The highest BCUT2D eigenvalue weighted by Gasteiger charge is 2.20. The van der Waals surface area contributed by atoms with Gasteiger partial charge in [-0.1, -0.05) is 12.1 Å². The number of hydrogen-bond acceptors (Lipinski definition) is 5. The van der Waals surface area contributed by atoms with Crippen LogP contribution < -0.4 is 4.74 Å². The summed E-state index contributed by atoms with van der Waals surface area (Å²) < 4.78 is 10.1. The zero-order chi connectivity index (χ0) is 18.5. The van der Waals surface area contributed by atoms with Crippen molar-refractivity contribution in [2.24, 2.45) is 0 Å². The van der Waals surface area contributed by atoms with Crippen molar-refractivity contribution < 1.29 is 19.1 Å². The van der Waals surface area contributed by atoms with Crippen LogP contribution in [0.1, 0.15) is 20.7 Å². The predicted molar refractivity (Wildman–Crippen MR) is 103 cm³/mol. The summed E-state index contributed by atoms with van der Waals surface area (Å²) in [6.07, 6.45) is 0. The van der Waals surface area contributed by atoms with Gasteiger partial charge in [0.2, 0.25) is 0 Å². The number of carbonyl (C=O) groups is 2. The Hall–Kier alpha value is -2.47. The van der Waals surface area contributed by atoms with Crippen molar-refractivity contribution in [3.8, 4) is 16.9 Å². The summed E-state index contributed by atoms with van der Waals surface area (Å²) in [5, 5.41) is 0. The number of amides is 1. The smallest absolute Gasteiger partial charge is 0.338 e. The molecule has 0 bridgehead atoms. The predicted octanol–water partition coefficient (Wildman–Crippen LogP) is 3.34. The first-order chi connectivity index (χ1) is 12.6. The van der Waals surface area contributed by atoms with Gasteiger partial charge in [0.25, 0.3) is 5.91 Å². The summed E-state index contributed by atoms with van der Waals surface area (Å²) in [5.41, 5.74) is 2.54. The Kier molecular flexibility index (Phi) is 5.83. The molecule has 0 unspecified atom stereocenters. The lowest BCUT2D eigenvalue weighted by atomic mass is 9.97. The Labute approximate surface area is 157 Å². The number of benzene rings is 2. The van der Waals surface area contributed by atoms with Crippen molar-refractivity contribution in [3.63, 3.8) is 0 Å². The minimum Gasteiger partial charge on any atom is -0.497 e. The van der Waals surface area contributed by atoms with Crippen LogP contribution in [0.5, 0.6) is 5.75 Å². The van der Waals surface area contributed by atoms with Crippen LogP contribution in [0.15, 0.2) is 42.5 Å². The quantitative estimate of drug-likeness (QED) is 0.772. The van der Waals surface area contributed by atoms with Gasteiger partial charge in [0.05, 0.1) is 19.8 Å². The molecule has 0 atom stereocenters. The Balaban J connectivity index is 1.97. The van der Waals surface area contributed by atoms with Gasteiger partial charge in [0, 0.05) is 30.2 Å². The highest BCUT2D eigenvalue weighted by atomic mass is 32.2. The molecule has 0 radical (unpaired) electrons. The van der Waals surface area contributed by atoms with Crippen LogP contribution >= 0.6 is 11.8 Å². The molecular weight excluding hydrogens is 350 g/mol. The lowest BCUT2D eigenvalue weighted by molar-refractivity contribution is 0.0601. The van der Waals surface area contributed by atoms with E-state index in [0.29, 0.717) is 22.4 Å². The van der Waals surface area contributed by atoms with Gasteiger partial charge in [-0.05, 0) is 41.5 Å². The van der Waals surface area contributed by atoms with Crippen molar-refractivity contribution in [1.82, 2.24) is 4.90 Å². The Morgan fingerprint density at radius 2 is 1.81 bits per heavy atom. The van der Waals surface area contributed by atoms with Crippen molar-refractivity contribution in [2.75, 3.05) is 38.8 Å². The SMILES string of the molecule is COC(=O)c1cc(OC)ccc1-c1cccc(C(=O)N2CCSCC2)c1. The summed E-state index contributed by atoms with van der Waals surface area (Å²) in [6.45, 7) is 1.54. The Bertz CT molecular complexity index is 815. The number of carbonyl (C=O) groups excluding carboxylic acids is 2. The average Bonchev–Trinajstić information content (AvgIpc) is 2.72. The van der Waals surface area contributed by atoms with E-state index in [1.165, 1.54) is 7.11 Å². The lowest BCUT2D eigenvalue weighted by Crippen LogP contribution is -2.37. The second kappa shape index (κ2) is 8.27. The zero-order valence-corrected chi connectivity index (χ0v) is 15.7. The number of rotatable bonds is 4. The van der Waals surface area contributed by atoms with Crippen LogP contribution in [0.4, 0.5) is 0 Å². The Morgan fingerprint density at radius 1 is 1.04 bits per heavy atom. The largest absolute Gasteiger partial charge is 0.497 e. The fourth-order valence-corrected chi connectivity index (χ4v) is 3.85. The molecule has 0 N–H and O–H groups in total. The van der Waals surface area contributed by atoms with E-state index in [0.717, 1.165) is 30.2 Å². The molecule has 2 aromatic carbocycles. The molecule has 1 amide bonds. The zero-order valence-electron chi connectivity index (χ0n) is 14.9. The molecule has 1 saturated heterocycles. The highest BCUT2D eigenvalue weighted by molar-refractivity contribution is 7.99. The van der Waals surface area contributed by atoms with Crippen LogP contribution in [0.25, 0.3) is 11.1 Å². The van der Waals surface area contributed by atoms with E-state index in [-0.39, 0.29) is 5.91 Å². The third-order valence-corrected chi connectivity index (χ3v) is 5.29. The van der Waals surface area contributed by atoms with Gasteiger partial charge in [-0.3, -0.25) is 4.79 Å². The lowest BCUT2D eigenvalue weighted by Gasteiger charge is -2.26. The van der Waals surface area contributed by atoms with E-state index >= 15 is 0 Å². The fourth-order valence-electron chi connectivity index (χ4n) is 2.95. The van der Waals surface area contributed by atoms with E-state index in [1.807, 2.05) is 47.0 Å². The summed E-state index contributed by atoms with van der Waals surface area (Å²) in [6, 6.07) is 12.6. The van der Waals surface area contributed by atoms with Crippen molar-refractivity contribution >= 4 is 23.6 Å². The van der Waals surface area contributed by atoms with Crippen LogP contribution in [-0.2, 0) is 4.74 Å². The maximum Gasteiger partial charge on any atom is 0.338 e. The third kappa shape index (κ3) is 3.85. The molecule has 26 heavy (non-hydrogen) atoms. The van der Waals surface area contributed by atoms with Crippen molar-refractivity contribution in [2.45, 2.75) is 0 Å². The minimum atomic E-state index is -0.441. The topological polar surface area (TPSA) is 55.8 Å². The third-order valence-electron chi connectivity index (χ3n) is 4.35. The summed E-state index contributed by atoms with van der Waals surface area (Å²) >= 11 is 1.87. The molecule has 6 heteroatoms. The summed E-state index contributed by atoms with van der Waals surface area (Å²) in [7, 11) is 2.90. The van der Waals surface area contributed by atoms with Crippen molar-refractivity contribution in [3.05, 3.63) is 53.6 Å². The molecule has 0 saturated carbocycles. The fraction of sp³-hybridized carbons (Fsp3) is 0.300. The van der Waals surface area contributed by atoms with Gasteiger partial charge >= 0.3 is 5.97 Å². The van der Waals surface area contributed by atoms with Gasteiger partial charge in [0.15, 0.2) is 0 Å². The molecule has 0 spiro atoms. The van der Waals surface area contributed by atoms with Crippen LogP contribution in [-0.4, -0.2) is 55.6 Å². The monoisotopic (exact) mass is 371 g/mol. The molecule has 2 aromatic rings. The standard InChI is InChI=1S/C20H21NO4S/c1-24-16-6-7-17(18(13-16)20(23)25-2)14-4-3-5-15(12-14)19(22)21-8-10-26-11-9-21/h3-7,12-13H,8-11H2,1-2H3. The van der Waals surface area contributed by atoms with Crippen LogP contribution in [0.3, 0.4) is 0 Å². The summed E-state index contributed by atoms with van der Waals surface area (Å²) in [5.74, 6) is 2.10. The van der Waals surface area contributed by atoms with E-state index < -0.39 is 5.97 Å². The maximum atomic E-state index is 12.8. The first kappa shape index (κ1) is 18.3. The number of nitrogens with zero attached hydrogens (tertiary/aromatic N) is 1. The molecule has 1 aliphatic heterocycles. The maximum absolute atomic E-state index is 12.8. The minimum absolute atomic E-state index is 0.0280. The molecule has 1 aliphatic rings. The molecular formula is C20H21NO4S. The number of esters is 1. The molecule has 1 fully saturated rings. The molecule has 1 heterocycles. The number of hydrogen-bond donors (Lipinski definition) is 0. The average molecular weight is 371 g/mol. The highest BCUT2D eigenvalue weighted by Crippen LogP contribution is 2.29. The van der Waals surface area contributed by atoms with Gasteiger partial charge in [-0.25, -0.2) is 4.79 Å². The van der Waals surface area contributed by atoms with Gasteiger partial charge in [0.1, 0.15) is 5.75 Å². The Morgan fingerprint density at radius 3 is 2.50 bits per heavy atom. The number of methoxy groups -OCH3 is 2. The second-order valence-corrected chi connectivity index (χ2v) is 7.11. The summed E-state index contributed by atoms with van der Waals surface area (Å²) in [4.78, 5) is 26.8. The second-order valence-electron chi connectivity index (χ2n) is 5.89. The van der Waals surface area contributed by atoms with Gasteiger partial charge in [-0.2, -0.15) is 11.8 Å². The molecule has 136 valence electrons. The first-order valence-corrected chi connectivity index (χ1v) is 9.53. The van der Waals surface area contributed by atoms with Crippen LogP contribution in [0, 0.1) is 0 Å². The van der Waals surface area contributed by atoms with Crippen LogP contribution in [0.2, 0.25) is 0 Å². The number of ether oxygens (including phenoxy) is 2. The first-order valence-electron chi connectivity index (χ1n) is 8.38. The molecule has 5 nitrogen and oxygen atoms in total. The van der Waals surface area contributed by atoms with E-state index in [4.69, 9.17) is 9.47 Å². The molecule has 3 rings (SSSR count). The van der Waals surface area contributed by atoms with E-state index in [2.05, 4.69) is 0 Å². The number of thioether (sulfide) groups is 1.